The van der Waals surface area contributed by atoms with Crippen LogP contribution in [0, 0.1) is 0 Å². The molecule has 104 heavy (non-hydrogen) atoms. The number of H-pyrrole nitrogens is 1. The molecule has 0 saturated carbocycles. The first-order chi connectivity index (χ1) is 49.7. The number of fused-ring (bicyclic) bond motifs is 16. The number of aromatic hydroxyl groups is 1. The largest absolute Gasteiger partial charge is 0.506 e. The van der Waals surface area contributed by atoms with Crippen molar-refractivity contribution in [2.24, 2.45) is 5.73 Å². The number of carbonyl (C=O) groups is 8. The van der Waals surface area contributed by atoms with Crippen molar-refractivity contribution >= 4 is 121 Å². The minimum absolute atomic E-state index is 0.00409. The van der Waals surface area contributed by atoms with E-state index in [1.54, 1.807) is 44.5 Å². The van der Waals surface area contributed by atoms with Crippen LogP contribution < -0.4 is 32.3 Å². The summed E-state index contributed by atoms with van der Waals surface area (Å²) in [5, 5.41) is 74.6. The summed E-state index contributed by atoms with van der Waals surface area (Å²) in [4.78, 5) is 148. The number of allylic oxidation sites excluding steroid dienone is 1. The van der Waals surface area contributed by atoms with Gasteiger partial charge in [-0.05, 0) is 52.4 Å². The fourth-order valence-electron chi connectivity index (χ4n) is 12.8. The van der Waals surface area contributed by atoms with E-state index in [-0.39, 0.29) is 106 Å². The van der Waals surface area contributed by atoms with Crippen LogP contribution in [0.5, 0.6) is 5.75 Å². The molecular weight excluding hydrogens is 1460 g/mol. The Labute approximate surface area is 608 Å². The smallest absolute Gasteiger partial charge is 0.355 e. The van der Waals surface area contributed by atoms with Gasteiger partial charge in [0, 0.05) is 61.8 Å². The van der Waals surface area contributed by atoms with E-state index >= 15 is 19.2 Å². The molecule has 546 valence electrons. The van der Waals surface area contributed by atoms with Crippen molar-refractivity contribution in [3.63, 3.8) is 0 Å². The highest BCUT2D eigenvalue weighted by Gasteiger charge is 2.57. The molecule has 12 heterocycles. The summed E-state index contributed by atoms with van der Waals surface area (Å²) in [5.41, 5.74) is 3.46. The van der Waals surface area contributed by atoms with E-state index in [0.717, 1.165) is 56.7 Å². The van der Waals surface area contributed by atoms with Crippen LogP contribution in [0.3, 0.4) is 0 Å². The van der Waals surface area contributed by atoms with Gasteiger partial charge in [-0.1, -0.05) is 18.7 Å². The number of carbonyl (C=O) groups excluding carboxylic acids is 8. The molecule has 7 aromatic heterocycles. The average molecular weight is 1520 g/mol. The van der Waals surface area contributed by atoms with Crippen LogP contribution in [0.15, 0.2) is 69.2 Å². The number of nitrogens with zero attached hydrogens (tertiary/aromatic N) is 7. The highest BCUT2D eigenvalue weighted by Crippen LogP contribution is 2.46. The second kappa shape index (κ2) is 29.6. The summed E-state index contributed by atoms with van der Waals surface area (Å²) in [5.74, 6) is -7.99. The fourth-order valence-corrected chi connectivity index (χ4v) is 17.0. The van der Waals surface area contributed by atoms with Crippen molar-refractivity contribution in [2.45, 2.75) is 133 Å². The van der Waals surface area contributed by atoms with E-state index < -0.39 is 164 Å². The Hall–Kier alpha value is -9.46. The number of primary amides is 1. The van der Waals surface area contributed by atoms with Crippen molar-refractivity contribution in [2.75, 3.05) is 27.4 Å². The first-order valence-corrected chi connectivity index (χ1v) is 36.3. The van der Waals surface area contributed by atoms with Crippen molar-refractivity contribution in [3.05, 3.63) is 124 Å². The third-order valence-corrected chi connectivity index (χ3v) is 22.5. The summed E-state index contributed by atoms with van der Waals surface area (Å²) < 4.78 is 45.0. The van der Waals surface area contributed by atoms with E-state index in [1.165, 1.54) is 48.5 Å². The Morgan fingerprint density at radius 1 is 0.846 bits per heavy atom. The lowest BCUT2D eigenvalue weighted by Crippen LogP contribution is -2.59. The second-order valence-electron chi connectivity index (χ2n) is 25.0. The van der Waals surface area contributed by atoms with Gasteiger partial charge >= 0.3 is 11.9 Å². The van der Waals surface area contributed by atoms with Crippen molar-refractivity contribution < 1.29 is 97.0 Å². The van der Waals surface area contributed by atoms with Gasteiger partial charge in [0.15, 0.2) is 12.4 Å². The Balaban J connectivity index is 0.958. The number of methoxy groups -OCH3 is 1. The number of esters is 2. The molecule has 0 aliphatic carbocycles. The van der Waals surface area contributed by atoms with Crippen molar-refractivity contribution in [3.8, 4) is 38.4 Å². The number of nitrogens with one attached hydrogen (secondary N) is 6. The standard InChI is InChI=1S/C65H66N14O20S5/c1-23(52(66)85)67-53(86)33-20-103-61(73-33)47-38(83)11-28-45(75-47)32-18-101-59(70-32)31-17-96-63(91)46-29-16-94-49(50(64(92)95-15-27-9-8-10-30(68-46)42(27)29)98-41-13-65(5)51(26(4)97-41)79(6)40(99-65)12-37(82)39(84)14-80)48(62-74-34(21-104-62)54(87)69-31)78-56(89)36-22-102-60(72-36)44(25(3)93-7)77-57(90)43(24(2)81)76-55(88)35-19-100-58(28)71-35/h8-11,18-22,24,26,31,37,39-41,43,48-51,68,80-84H,1,12-17H2,2-7H3,(H2,66,85)(H,67,86)(H,69,87)(H,76,88)(H,77,90)(H,78,89)/b44-25+/t24-,26+,31+,37+,39-,40?,41+,43+,48+,49?,50+,51-,65+/m1/s1. The molecule has 12 bridgehead atoms. The van der Waals surface area contributed by atoms with Crippen LogP contribution in [0.25, 0.3) is 49.3 Å². The minimum atomic E-state index is -1.90. The number of cyclic esters (lactones) is 2. The Bertz CT molecular complexity index is 4790. The minimum Gasteiger partial charge on any atom is -0.506 e. The zero-order valence-corrected chi connectivity index (χ0v) is 59.8. The number of ether oxygens (including phenoxy) is 7. The third kappa shape index (κ3) is 14.3. The highest BCUT2D eigenvalue weighted by atomic mass is 32.1. The number of thiazole rings is 5. The molecule has 2 fully saturated rings. The van der Waals surface area contributed by atoms with E-state index in [1.807, 2.05) is 4.90 Å². The zero-order chi connectivity index (χ0) is 73.9. The molecule has 6 amide bonds. The topological polar surface area (TPSA) is 485 Å². The molecule has 8 aromatic rings. The van der Waals surface area contributed by atoms with Gasteiger partial charge in [-0.15, -0.1) is 56.7 Å². The molecule has 2 unspecified atom stereocenters. The predicted octanol–water partition coefficient (Wildman–Crippen LogP) is 3.02. The van der Waals surface area contributed by atoms with Crippen LogP contribution in [-0.4, -0.2) is 207 Å². The van der Waals surface area contributed by atoms with Crippen LogP contribution in [0.2, 0.25) is 0 Å². The number of pyridine rings is 1. The molecule has 2 saturated heterocycles. The lowest BCUT2D eigenvalue weighted by atomic mass is 9.86. The summed E-state index contributed by atoms with van der Waals surface area (Å²) >= 11 is 4.53. The van der Waals surface area contributed by atoms with Gasteiger partial charge in [0.2, 0.25) is 5.91 Å². The summed E-state index contributed by atoms with van der Waals surface area (Å²) in [7, 11) is 3.06. The molecule has 34 nitrogen and oxygen atoms in total. The number of aromatic amines is 1. The second-order valence-corrected chi connectivity index (χ2v) is 29.3. The third-order valence-electron chi connectivity index (χ3n) is 18.0. The Morgan fingerprint density at radius 3 is 2.27 bits per heavy atom. The van der Waals surface area contributed by atoms with Gasteiger partial charge in [-0.25, -0.2) is 39.5 Å². The predicted molar refractivity (Wildman–Crippen MR) is 370 cm³/mol. The van der Waals surface area contributed by atoms with Gasteiger partial charge in [-0.3, -0.25) is 33.7 Å². The molecule has 13 N–H and O–H groups in total. The lowest BCUT2D eigenvalue weighted by molar-refractivity contribution is -0.269. The van der Waals surface area contributed by atoms with E-state index in [4.69, 9.17) is 53.8 Å². The molecule has 5 aliphatic rings. The number of rotatable bonds is 12. The maximum atomic E-state index is 15.4. The SMILES string of the molecule is C=C(NC(=O)c1csc(-c2nc3c(cc2O)-c2nc(cs2)C(=O)N[C@@H]([C@@H](C)O)C(=O)N/C(=C(\C)OC)c2nc(cs2)C(=O)N[C@@H]2c4nc(cs4)C(=O)N[C@@H](COC(=O)c4[nH]c5cccc6c5c4COC2[C@H](O[C@H]2C[C@]4(C)OC(C[C@H](O)[C@H](O)CO)N(C)[C@@H]4[C@H](C)O2)C(=O)OC6)c2nc-3cs2)n1)C(N)=O. The molecule has 13 atom stereocenters. The number of nitrogens with two attached hydrogens (primary N) is 1. The summed E-state index contributed by atoms with van der Waals surface area (Å²) in [6.07, 6.45) is -11.1. The Kier molecular flexibility index (Phi) is 20.7. The molecule has 5 aliphatic heterocycles. The lowest BCUT2D eigenvalue weighted by Gasteiger charge is -2.45. The van der Waals surface area contributed by atoms with Gasteiger partial charge in [0.05, 0.1) is 56.0 Å². The number of hydrogen-bond donors (Lipinski definition) is 12. The number of aliphatic hydroxyl groups is 4. The van der Waals surface area contributed by atoms with Gasteiger partial charge < -0.3 is 96.0 Å². The van der Waals surface area contributed by atoms with Crippen LogP contribution in [-0.2, 0) is 60.8 Å². The molecule has 0 spiro atoms. The molecule has 13 rings (SSSR count). The zero-order valence-electron chi connectivity index (χ0n) is 55.7. The van der Waals surface area contributed by atoms with Gasteiger partial charge in [0.25, 0.3) is 29.5 Å². The fraction of sp³-hybridized carbons (Fsp3) is 0.385. The number of benzene rings is 1. The number of hydrogen-bond acceptors (Lipinski definition) is 32. The molecule has 1 aromatic carbocycles. The summed E-state index contributed by atoms with van der Waals surface area (Å²) in [6.45, 7) is 7.51. The first-order valence-electron chi connectivity index (χ1n) is 31.9. The quantitative estimate of drug-likeness (QED) is 0.0475. The van der Waals surface area contributed by atoms with E-state index in [0.29, 0.717) is 16.5 Å². The van der Waals surface area contributed by atoms with Crippen molar-refractivity contribution in [1.29, 1.82) is 0 Å². The van der Waals surface area contributed by atoms with Gasteiger partial charge in [0.1, 0.15) is 138 Å². The monoisotopic (exact) mass is 1520 g/mol. The number of aliphatic hydroxyl groups excluding tert-OH is 4. The molecule has 0 radical (unpaired) electrons. The maximum absolute atomic E-state index is 15.4. The maximum Gasteiger partial charge on any atom is 0.355 e. The average Bonchev–Trinajstić information content (AvgIpc) is 1.55. The number of amides is 6. The summed E-state index contributed by atoms with van der Waals surface area (Å²) in [6, 6.07) is 1.16. The van der Waals surface area contributed by atoms with Crippen LogP contribution in [0.4, 0.5) is 0 Å². The highest BCUT2D eigenvalue weighted by molar-refractivity contribution is 7.14. The van der Waals surface area contributed by atoms with Crippen molar-refractivity contribution in [1.82, 2.24) is 66.4 Å². The normalized spacial score (nSPS) is 25.3. The molecule has 39 heteroatoms. The van der Waals surface area contributed by atoms with Crippen LogP contribution in [0.1, 0.15) is 131 Å². The van der Waals surface area contributed by atoms with Gasteiger partial charge in [-0.2, -0.15) is 0 Å². The molecular formula is C65H66N14O20S5. The van der Waals surface area contributed by atoms with Crippen LogP contribution >= 0.6 is 56.7 Å². The first kappa shape index (κ1) is 72.9. The van der Waals surface area contributed by atoms with E-state index in [2.05, 4.69) is 53.1 Å². The van der Waals surface area contributed by atoms with E-state index in [9.17, 15) is 44.7 Å². The number of aromatic nitrogens is 7. The number of likely N-dealkylation sites (N-methyl/N-ethyl adjacent to an activating group) is 1. The Morgan fingerprint density at radius 2 is 1.53 bits per heavy atom.